The maximum Gasteiger partial charge on any atom is 0.146 e. The Bertz CT molecular complexity index is 493. The lowest BCUT2D eigenvalue weighted by Gasteiger charge is -2.07. The average molecular weight is 246 g/mol. The van der Waals surface area contributed by atoms with Crippen LogP contribution < -0.4 is 10.6 Å². The summed E-state index contributed by atoms with van der Waals surface area (Å²) in [7, 11) is 1.95. The molecule has 0 amide bonds. The third kappa shape index (κ3) is 3.19. The molecule has 2 aromatic heterocycles. The SMILES string of the molecule is CCNc1cncc(NCCc2ccnn2C)n1. The molecule has 0 radical (unpaired) electrons. The van der Waals surface area contributed by atoms with Gasteiger partial charge in [-0.1, -0.05) is 0 Å². The Kier molecular flexibility index (Phi) is 4.11. The summed E-state index contributed by atoms with van der Waals surface area (Å²) in [6.07, 6.45) is 6.16. The molecule has 0 aliphatic carbocycles. The second-order valence-corrected chi connectivity index (χ2v) is 3.94. The van der Waals surface area contributed by atoms with E-state index >= 15 is 0 Å². The molecule has 0 atom stereocenters. The van der Waals surface area contributed by atoms with E-state index in [2.05, 4.69) is 25.7 Å². The van der Waals surface area contributed by atoms with E-state index in [1.165, 1.54) is 5.69 Å². The molecule has 0 spiro atoms. The summed E-state index contributed by atoms with van der Waals surface area (Å²) in [4.78, 5) is 8.53. The molecule has 96 valence electrons. The number of nitrogens with zero attached hydrogens (tertiary/aromatic N) is 4. The van der Waals surface area contributed by atoms with Gasteiger partial charge in [-0.2, -0.15) is 5.10 Å². The van der Waals surface area contributed by atoms with Crippen LogP contribution in [0.2, 0.25) is 0 Å². The fraction of sp³-hybridized carbons (Fsp3) is 0.417. The van der Waals surface area contributed by atoms with E-state index in [-0.39, 0.29) is 0 Å². The van der Waals surface area contributed by atoms with Crippen LogP contribution in [0.1, 0.15) is 12.6 Å². The van der Waals surface area contributed by atoms with Gasteiger partial charge < -0.3 is 10.6 Å². The highest BCUT2D eigenvalue weighted by Crippen LogP contribution is 2.06. The molecule has 0 aliphatic rings. The number of nitrogens with one attached hydrogen (secondary N) is 2. The van der Waals surface area contributed by atoms with Gasteiger partial charge in [-0.25, -0.2) is 4.98 Å². The van der Waals surface area contributed by atoms with Crippen LogP contribution in [0.3, 0.4) is 0 Å². The Morgan fingerprint density at radius 3 is 2.67 bits per heavy atom. The average Bonchev–Trinajstić information content (AvgIpc) is 2.76. The Morgan fingerprint density at radius 1 is 1.22 bits per heavy atom. The van der Waals surface area contributed by atoms with E-state index in [1.807, 2.05) is 24.7 Å². The van der Waals surface area contributed by atoms with Crippen LogP contribution in [0.15, 0.2) is 24.7 Å². The molecule has 2 aromatic rings. The van der Waals surface area contributed by atoms with Gasteiger partial charge >= 0.3 is 0 Å². The monoisotopic (exact) mass is 246 g/mol. The fourth-order valence-electron chi connectivity index (χ4n) is 1.68. The lowest BCUT2D eigenvalue weighted by molar-refractivity contribution is 0.711. The zero-order valence-corrected chi connectivity index (χ0v) is 10.7. The first-order valence-corrected chi connectivity index (χ1v) is 6.06. The van der Waals surface area contributed by atoms with Gasteiger partial charge in [0.25, 0.3) is 0 Å². The number of anilines is 2. The van der Waals surface area contributed by atoms with Crippen LogP contribution in [-0.2, 0) is 13.5 Å². The molecule has 6 nitrogen and oxygen atoms in total. The van der Waals surface area contributed by atoms with Gasteiger partial charge in [0.05, 0.1) is 12.4 Å². The summed E-state index contributed by atoms with van der Waals surface area (Å²) in [6, 6.07) is 2.02. The maximum atomic E-state index is 4.40. The van der Waals surface area contributed by atoms with E-state index in [0.29, 0.717) is 0 Å². The number of aromatic nitrogens is 4. The largest absolute Gasteiger partial charge is 0.369 e. The van der Waals surface area contributed by atoms with Crippen LogP contribution in [-0.4, -0.2) is 32.8 Å². The lowest BCUT2D eigenvalue weighted by Crippen LogP contribution is -2.10. The Balaban J connectivity index is 1.86. The molecule has 6 heteroatoms. The highest BCUT2D eigenvalue weighted by Gasteiger charge is 2.00. The first-order chi connectivity index (χ1) is 8.79. The highest BCUT2D eigenvalue weighted by molar-refractivity contribution is 5.41. The number of hydrogen-bond donors (Lipinski definition) is 2. The molecule has 18 heavy (non-hydrogen) atoms. The van der Waals surface area contributed by atoms with Crippen LogP contribution in [0.5, 0.6) is 0 Å². The van der Waals surface area contributed by atoms with Gasteiger partial charge in [-0.15, -0.1) is 0 Å². The molecule has 0 bridgehead atoms. The first kappa shape index (κ1) is 12.3. The Morgan fingerprint density at radius 2 is 2.00 bits per heavy atom. The smallest absolute Gasteiger partial charge is 0.146 e. The van der Waals surface area contributed by atoms with Crippen molar-refractivity contribution in [1.82, 2.24) is 19.7 Å². The van der Waals surface area contributed by atoms with Crippen molar-refractivity contribution in [3.63, 3.8) is 0 Å². The van der Waals surface area contributed by atoms with Gasteiger partial charge in [-0.05, 0) is 13.0 Å². The molecular weight excluding hydrogens is 228 g/mol. The number of aryl methyl sites for hydroxylation is 1. The van der Waals surface area contributed by atoms with E-state index in [0.717, 1.165) is 31.1 Å². The van der Waals surface area contributed by atoms with E-state index in [4.69, 9.17) is 0 Å². The second-order valence-electron chi connectivity index (χ2n) is 3.94. The van der Waals surface area contributed by atoms with Crippen LogP contribution in [0, 0.1) is 0 Å². The van der Waals surface area contributed by atoms with Gasteiger partial charge in [0.15, 0.2) is 0 Å². The number of hydrogen-bond acceptors (Lipinski definition) is 5. The van der Waals surface area contributed by atoms with Crippen molar-refractivity contribution in [3.8, 4) is 0 Å². The summed E-state index contributed by atoms with van der Waals surface area (Å²) in [5, 5.41) is 10.5. The van der Waals surface area contributed by atoms with Crippen molar-refractivity contribution >= 4 is 11.6 Å². The van der Waals surface area contributed by atoms with Gasteiger partial charge in [0.2, 0.25) is 0 Å². The topological polar surface area (TPSA) is 67.7 Å². The zero-order valence-electron chi connectivity index (χ0n) is 10.7. The molecule has 0 aromatic carbocycles. The van der Waals surface area contributed by atoms with Crippen molar-refractivity contribution in [1.29, 1.82) is 0 Å². The maximum absolute atomic E-state index is 4.40. The van der Waals surface area contributed by atoms with E-state index in [9.17, 15) is 0 Å². The molecule has 0 unspecified atom stereocenters. The van der Waals surface area contributed by atoms with Crippen LogP contribution in [0.4, 0.5) is 11.6 Å². The minimum absolute atomic E-state index is 0.788. The summed E-state index contributed by atoms with van der Waals surface area (Å²) < 4.78 is 1.88. The summed E-state index contributed by atoms with van der Waals surface area (Å²) in [5.41, 5.74) is 1.19. The summed E-state index contributed by atoms with van der Waals surface area (Å²) in [6.45, 7) is 3.68. The predicted octanol–water partition coefficient (Wildman–Crippen LogP) is 1.30. The molecule has 0 fully saturated rings. The fourth-order valence-corrected chi connectivity index (χ4v) is 1.68. The normalized spacial score (nSPS) is 10.3. The molecule has 2 N–H and O–H groups in total. The van der Waals surface area contributed by atoms with Gasteiger partial charge in [0.1, 0.15) is 11.6 Å². The molecule has 2 rings (SSSR count). The summed E-state index contributed by atoms with van der Waals surface area (Å²) in [5.74, 6) is 1.58. The van der Waals surface area contributed by atoms with E-state index in [1.54, 1.807) is 18.6 Å². The molecular formula is C12H18N6. The molecule has 0 saturated carbocycles. The van der Waals surface area contributed by atoms with Crippen molar-refractivity contribution in [2.75, 3.05) is 23.7 Å². The molecule has 0 aliphatic heterocycles. The van der Waals surface area contributed by atoms with Crippen molar-refractivity contribution in [3.05, 3.63) is 30.4 Å². The van der Waals surface area contributed by atoms with Crippen molar-refractivity contribution in [2.24, 2.45) is 7.05 Å². The van der Waals surface area contributed by atoms with Crippen molar-refractivity contribution < 1.29 is 0 Å². The molecule has 2 heterocycles. The van der Waals surface area contributed by atoms with E-state index < -0.39 is 0 Å². The minimum atomic E-state index is 0.788. The Labute approximate surface area is 106 Å². The minimum Gasteiger partial charge on any atom is -0.369 e. The summed E-state index contributed by atoms with van der Waals surface area (Å²) >= 11 is 0. The van der Waals surface area contributed by atoms with Gasteiger partial charge in [0, 0.05) is 38.4 Å². The lowest BCUT2D eigenvalue weighted by atomic mass is 10.3. The third-order valence-corrected chi connectivity index (χ3v) is 2.60. The standard InChI is InChI=1S/C12H18N6/c1-3-14-11-8-13-9-12(17-11)15-6-4-10-5-7-16-18(10)2/h5,7-9H,3-4,6H2,1-2H3,(H2,14,15,17). The highest BCUT2D eigenvalue weighted by atomic mass is 15.3. The van der Waals surface area contributed by atoms with Crippen molar-refractivity contribution in [2.45, 2.75) is 13.3 Å². The van der Waals surface area contributed by atoms with Gasteiger partial charge in [-0.3, -0.25) is 9.67 Å². The second kappa shape index (κ2) is 6.00. The molecule has 0 saturated heterocycles. The first-order valence-electron chi connectivity index (χ1n) is 6.06. The quantitative estimate of drug-likeness (QED) is 0.804. The predicted molar refractivity (Wildman–Crippen MR) is 71.6 cm³/mol. The number of rotatable bonds is 6. The third-order valence-electron chi connectivity index (χ3n) is 2.60. The zero-order chi connectivity index (χ0) is 12.8. The van der Waals surface area contributed by atoms with Crippen LogP contribution >= 0.6 is 0 Å². The Hall–Kier alpha value is -2.11. The van der Waals surface area contributed by atoms with Crippen LogP contribution in [0.25, 0.3) is 0 Å².